The van der Waals surface area contributed by atoms with Crippen molar-refractivity contribution >= 4 is 29.7 Å². The lowest BCUT2D eigenvalue weighted by Gasteiger charge is -2.12. The molecular weight excluding hydrogens is 374 g/mol. The number of nitrogens with zero attached hydrogens (tertiary/aromatic N) is 6. The van der Waals surface area contributed by atoms with Crippen molar-refractivity contribution in [3.05, 3.63) is 5.82 Å². The Morgan fingerprint density at radius 2 is 1.38 bits per heavy atom. The molecule has 29 heavy (non-hydrogen) atoms. The van der Waals surface area contributed by atoms with E-state index < -0.39 is 0 Å². The predicted octanol–water partition coefficient (Wildman–Crippen LogP) is 0.833. The zero-order valence-electron chi connectivity index (χ0n) is 17.0. The predicted molar refractivity (Wildman–Crippen MR) is 114 cm³/mol. The number of aromatic nitrogens is 6. The number of anilines is 5. The first kappa shape index (κ1) is 22.3. The average Bonchev–Trinajstić information content (AvgIpc) is 2.70. The molecule has 12 nitrogen and oxygen atoms in total. The van der Waals surface area contributed by atoms with Crippen LogP contribution in [0.2, 0.25) is 0 Å². The summed E-state index contributed by atoms with van der Waals surface area (Å²) in [6, 6.07) is 0. The Labute approximate surface area is 170 Å². The number of hydrogen-bond acceptors (Lipinski definition) is 12. The van der Waals surface area contributed by atoms with Crippen LogP contribution in [0.5, 0.6) is 0 Å². The lowest BCUT2D eigenvalue weighted by Crippen LogP contribution is -2.13. The van der Waals surface area contributed by atoms with Crippen molar-refractivity contribution in [2.75, 3.05) is 54.2 Å². The zero-order valence-corrected chi connectivity index (χ0v) is 17.0. The summed E-state index contributed by atoms with van der Waals surface area (Å²) < 4.78 is 0. The smallest absolute Gasteiger partial charge is 0.229 e. The van der Waals surface area contributed by atoms with Crippen molar-refractivity contribution in [2.24, 2.45) is 0 Å². The molecular formula is C17H31N11O. The van der Waals surface area contributed by atoms with Gasteiger partial charge in [-0.05, 0) is 25.7 Å². The number of nitrogens with two attached hydrogens (primary N) is 2. The van der Waals surface area contributed by atoms with Gasteiger partial charge in [0, 0.05) is 32.7 Å². The molecule has 0 fully saturated rings. The summed E-state index contributed by atoms with van der Waals surface area (Å²) in [4.78, 5) is 25.1. The monoisotopic (exact) mass is 405 g/mol. The van der Waals surface area contributed by atoms with E-state index in [1.165, 1.54) is 0 Å². The van der Waals surface area contributed by atoms with Crippen LogP contribution in [-0.2, 0) is 0 Å². The molecule has 2 rings (SSSR count). The van der Waals surface area contributed by atoms with E-state index in [1.807, 2.05) is 0 Å². The lowest BCUT2D eigenvalue weighted by atomic mass is 10.0. The number of aliphatic hydroxyl groups excluding tert-OH is 1. The summed E-state index contributed by atoms with van der Waals surface area (Å²) in [6.45, 7) is 3.65. The van der Waals surface area contributed by atoms with Crippen molar-refractivity contribution < 1.29 is 5.11 Å². The van der Waals surface area contributed by atoms with Crippen molar-refractivity contribution in [1.29, 1.82) is 0 Å². The number of aliphatic hydroxyl groups is 1. The molecule has 0 aliphatic rings. The second-order valence-corrected chi connectivity index (χ2v) is 6.65. The molecule has 2 aromatic heterocycles. The van der Waals surface area contributed by atoms with E-state index in [0.717, 1.165) is 38.6 Å². The third-order valence-corrected chi connectivity index (χ3v) is 4.20. The number of unbranched alkanes of at least 4 members (excludes halogenated alkanes) is 2. The molecule has 0 bridgehead atoms. The number of nitrogen functional groups attached to an aromatic ring is 2. The summed E-state index contributed by atoms with van der Waals surface area (Å²) in [6.07, 6.45) is 4.38. The van der Waals surface area contributed by atoms with E-state index >= 15 is 0 Å². The molecule has 8 N–H and O–H groups in total. The minimum Gasteiger partial charge on any atom is -0.396 e. The van der Waals surface area contributed by atoms with Gasteiger partial charge in [0.15, 0.2) is 0 Å². The van der Waals surface area contributed by atoms with Crippen LogP contribution in [0.4, 0.5) is 29.7 Å². The van der Waals surface area contributed by atoms with E-state index in [1.54, 1.807) is 7.05 Å². The second-order valence-electron chi connectivity index (χ2n) is 6.65. The molecule has 2 aromatic rings. The van der Waals surface area contributed by atoms with E-state index in [4.69, 9.17) is 16.6 Å². The third-order valence-electron chi connectivity index (χ3n) is 4.20. The summed E-state index contributed by atoms with van der Waals surface area (Å²) in [7, 11) is 1.73. The van der Waals surface area contributed by atoms with E-state index in [-0.39, 0.29) is 24.4 Å². The summed E-state index contributed by atoms with van der Waals surface area (Å²) >= 11 is 0. The first-order valence-electron chi connectivity index (χ1n) is 9.81. The summed E-state index contributed by atoms with van der Waals surface area (Å²) in [5.74, 6) is 2.58. The normalized spacial score (nSPS) is 11.8. The van der Waals surface area contributed by atoms with Gasteiger partial charge in [-0.15, -0.1) is 0 Å². The van der Waals surface area contributed by atoms with Gasteiger partial charge in [0.2, 0.25) is 29.7 Å². The van der Waals surface area contributed by atoms with Crippen LogP contribution in [0, 0.1) is 0 Å². The quantitative estimate of drug-likeness (QED) is 0.258. The highest BCUT2D eigenvalue weighted by molar-refractivity contribution is 5.39. The molecule has 0 aliphatic heterocycles. The van der Waals surface area contributed by atoms with Gasteiger partial charge in [-0.25, -0.2) is 0 Å². The topological polar surface area (TPSA) is 186 Å². The van der Waals surface area contributed by atoms with Crippen LogP contribution < -0.4 is 27.4 Å². The van der Waals surface area contributed by atoms with Crippen LogP contribution >= 0.6 is 0 Å². The first-order chi connectivity index (χ1) is 14.0. The maximum absolute atomic E-state index is 8.83. The van der Waals surface area contributed by atoms with Crippen molar-refractivity contribution in [3.63, 3.8) is 0 Å². The molecule has 2 heterocycles. The van der Waals surface area contributed by atoms with Crippen LogP contribution in [0.25, 0.3) is 0 Å². The Morgan fingerprint density at radius 1 is 0.793 bits per heavy atom. The molecule has 1 unspecified atom stereocenters. The fourth-order valence-corrected chi connectivity index (χ4v) is 2.63. The standard InChI is InChI=1S/C17H31N11O/c1-11(12-23-13(18)26-16(24-12)21-9-5-6-10-29)7-3-4-8-22-17-27-14(19)25-15(20-2)28-17/h11,29H,3-10H2,1-2H3,(H3,18,21,23,24,26)(H4,19,20,22,25,27,28). The molecule has 0 spiro atoms. The van der Waals surface area contributed by atoms with Gasteiger partial charge in [-0.2, -0.15) is 29.9 Å². The summed E-state index contributed by atoms with van der Waals surface area (Å²) in [5.41, 5.74) is 11.5. The van der Waals surface area contributed by atoms with E-state index in [2.05, 4.69) is 52.8 Å². The second kappa shape index (κ2) is 11.7. The van der Waals surface area contributed by atoms with Gasteiger partial charge in [-0.3, -0.25) is 0 Å². The maximum atomic E-state index is 8.83. The van der Waals surface area contributed by atoms with Crippen LogP contribution in [0.15, 0.2) is 0 Å². The summed E-state index contributed by atoms with van der Waals surface area (Å²) in [5, 5.41) is 18.0. The van der Waals surface area contributed by atoms with Crippen molar-refractivity contribution in [3.8, 4) is 0 Å². The number of hydrogen-bond donors (Lipinski definition) is 6. The van der Waals surface area contributed by atoms with Gasteiger partial charge in [0.25, 0.3) is 0 Å². The molecule has 1 atom stereocenters. The Bertz CT molecular complexity index is 758. The average molecular weight is 406 g/mol. The molecule has 0 saturated carbocycles. The minimum atomic E-state index is 0.155. The SMILES string of the molecule is CNc1nc(N)nc(NCCCCC(C)c2nc(N)nc(NCCCCO)n2)n1. The van der Waals surface area contributed by atoms with Crippen LogP contribution in [0.3, 0.4) is 0 Å². The van der Waals surface area contributed by atoms with Gasteiger partial charge in [0.05, 0.1) is 0 Å². The van der Waals surface area contributed by atoms with Crippen LogP contribution in [0.1, 0.15) is 50.8 Å². The van der Waals surface area contributed by atoms with Crippen LogP contribution in [-0.4, -0.2) is 61.8 Å². The molecule has 0 radical (unpaired) electrons. The molecule has 0 aromatic carbocycles. The highest BCUT2D eigenvalue weighted by atomic mass is 16.2. The molecule has 160 valence electrons. The van der Waals surface area contributed by atoms with E-state index in [9.17, 15) is 0 Å². The third kappa shape index (κ3) is 7.86. The highest BCUT2D eigenvalue weighted by Crippen LogP contribution is 2.19. The Morgan fingerprint density at radius 3 is 2.03 bits per heavy atom. The van der Waals surface area contributed by atoms with Gasteiger partial charge < -0.3 is 32.5 Å². The Balaban J connectivity index is 1.76. The molecule has 12 heteroatoms. The lowest BCUT2D eigenvalue weighted by molar-refractivity contribution is 0.286. The highest BCUT2D eigenvalue weighted by Gasteiger charge is 2.12. The molecule has 0 saturated heterocycles. The Hall–Kier alpha value is -3.02. The number of rotatable bonds is 13. The fraction of sp³-hybridized carbons (Fsp3) is 0.647. The first-order valence-corrected chi connectivity index (χ1v) is 9.81. The molecule has 0 amide bonds. The van der Waals surface area contributed by atoms with Gasteiger partial charge in [0.1, 0.15) is 5.82 Å². The number of nitrogens with one attached hydrogen (secondary N) is 3. The maximum Gasteiger partial charge on any atom is 0.229 e. The minimum absolute atomic E-state index is 0.155. The van der Waals surface area contributed by atoms with Crippen molar-refractivity contribution in [2.45, 2.75) is 44.9 Å². The van der Waals surface area contributed by atoms with Gasteiger partial charge >= 0.3 is 0 Å². The Kier molecular flexibility index (Phi) is 9.02. The van der Waals surface area contributed by atoms with Crippen molar-refractivity contribution in [1.82, 2.24) is 29.9 Å². The van der Waals surface area contributed by atoms with Gasteiger partial charge in [-0.1, -0.05) is 13.3 Å². The zero-order chi connectivity index (χ0) is 21.1. The molecule has 0 aliphatic carbocycles. The largest absolute Gasteiger partial charge is 0.396 e. The fourth-order valence-electron chi connectivity index (χ4n) is 2.63. The van der Waals surface area contributed by atoms with E-state index in [0.29, 0.717) is 30.2 Å².